The minimum absolute atomic E-state index is 0.207. The molecule has 0 heterocycles. The van der Waals surface area contributed by atoms with E-state index in [9.17, 15) is 22.0 Å². The molecule has 0 bridgehead atoms. The number of aryl methyl sites for hydroxylation is 1. The van der Waals surface area contributed by atoms with Crippen molar-refractivity contribution in [3.63, 3.8) is 0 Å². The topological polar surface area (TPSA) is 12.0 Å². The van der Waals surface area contributed by atoms with E-state index in [0.29, 0.717) is 0 Å². The largest absolute Gasteiger partial charge is 0.389 e. The summed E-state index contributed by atoms with van der Waals surface area (Å²) in [4.78, 5) is 0. The van der Waals surface area contributed by atoms with Crippen LogP contribution >= 0.6 is 0 Å². The summed E-state index contributed by atoms with van der Waals surface area (Å²) in [5, 5.41) is 2.52. The van der Waals surface area contributed by atoms with Crippen LogP contribution < -0.4 is 5.32 Å². The van der Waals surface area contributed by atoms with Gasteiger partial charge in [-0.05, 0) is 32.0 Å². The highest BCUT2D eigenvalue weighted by Gasteiger charge is 2.30. The van der Waals surface area contributed by atoms with Gasteiger partial charge in [-0.2, -0.15) is 13.2 Å². The Morgan fingerprint density at radius 3 is 2.33 bits per heavy atom. The molecule has 18 heavy (non-hydrogen) atoms. The number of nitrogens with one attached hydrogen (secondary N) is 1. The van der Waals surface area contributed by atoms with Gasteiger partial charge in [0.05, 0.1) is 0 Å². The molecule has 1 unspecified atom stereocenters. The second-order valence-corrected chi connectivity index (χ2v) is 4.09. The molecule has 1 rings (SSSR count). The van der Waals surface area contributed by atoms with Crippen molar-refractivity contribution in [3.8, 4) is 0 Å². The fourth-order valence-electron chi connectivity index (χ4n) is 1.74. The van der Waals surface area contributed by atoms with E-state index in [-0.39, 0.29) is 11.1 Å². The summed E-state index contributed by atoms with van der Waals surface area (Å²) in [7, 11) is 1.38. The third kappa shape index (κ3) is 3.66. The van der Waals surface area contributed by atoms with Gasteiger partial charge in [-0.25, -0.2) is 8.78 Å². The molecule has 0 radical (unpaired) electrons. The Bertz CT molecular complexity index is 414. The van der Waals surface area contributed by atoms with E-state index in [1.54, 1.807) is 0 Å². The average molecular weight is 267 g/mol. The molecule has 0 aromatic heterocycles. The van der Waals surface area contributed by atoms with Crippen molar-refractivity contribution >= 4 is 0 Å². The van der Waals surface area contributed by atoms with Crippen LogP contribution in [0.1, 0.15) is 30.0 Å². The molecule has 1 aromatic carbocycles. The highest BCUT2D eigenvalue weighted by Crippen LogP contribution is 2.30. The molecule has 0 saturated carbocycles. The number of halogens is 5. The Morgan fingerprint density at radius 1 is 1.22 bits per heavy atom. The fraction of sp³-hybridized carbons (Fsp3) is 0.500. The average Bonchev–Trinajstić information content (AvgIpc) is 2.27. The van der Waals surface area contributed by atoms with Gasteiger partial charge < -0.3 is 5.32 Å². The maximum atomic E-state index is 13.8. The highest BCUT2D eigenvalue weighted by molar-refractivity contribution is 5.29. The van der Waals surface area contributed by atoms with Gasteiger partial charge in [0.1, 0.15) is 11.6 Å². The first kappa shape index (κ1) is 14.9. The van der Waals surface area contributed by atoms with Crippen molar-refractivity contribution in [2.45, 2.75) is 32.0 Å². The molecular formula is C12H14F5N. The minimum Gasteiger partial charge on any atom is -0.313 e. The van der Waals surface area contributed by atoms with Gasteiger partial charge >= 0.3 is 6.18 Å². The van der Waals surface area contributed by atoms with Crippen LogP contribution in [0.4, 0.5) is 22.0 Å². The zero-order valence-electron chi connectivity index (χ0n) is 10.0. The molecule has 0 aliphatic heterocycles. The van der Waals surface area contributed by atoms with Gasteiger partial charge in [-0.3, -0.25) is 0 Å². The van der Waals surface area contributed by atoms with Gasteiger partial charge in [-0.15, -0.1) is 0 Å². The lowest BCUT2D eigenvalue weighted by Crippen LogP contribution is -2.22. The second-order valence-electron chi connectivity index (χ2n) is 4.09. The summed E-state index contributed by atoms with van der Waals surface area (Å²) >= 11 is 0. The number of hydrogen-bond donors (Lipinski definition) is 1. The first-order chi connectivity index (χ1) is 8.26. The maximum absolute atomic E-state index is 13.8. The quantitative estimate of drug-likeness (QED) is 0.816. The Hall–Kier alpha value is -1.17. The number of benzene rings is 1. The van der Waals surface area contributed by atoms with Crippen molar-refractivity contribution in [2.75, 3.05) is 7.05 Å². The van der Waals surface area contributed by atoms with Crippen LogP contribution in [0, 0.1) is 18.6 Å². The van der Waals surface area contributed by atoms with Crippen LogP contribution in [0.25, 0.3) is 0 Å². The number of alkyl halides is 3. The van der Waals surface area contributed by atoms with E-state index in [2.05, 4.69) is 5.32 Å². The van der Waals surface area contributed by atoms with Crippen LogP contribution in [0.5, 0.6) is 0 Å². The Balaban J connectivity index is 2.99. The summed E-state index contributed by atoms with van der Waals surface area (Å²) in [5.41, 5.74) is -0.125. The van der Waals surface area contributed by atoms with Crippen molar-refractivity contribution < 1.29 is 22.0 Å². The van der Waals surface area contributed by atoms with E-state index < -0.39 is 36.7 Å². The summed E-state index contributed by atoms with van der Waals surface area (Å²) in [5.74, 6) is -1.63. The Morgan fingerprint density at radius 2 is 1.83 bits per heavy atom. The van der Waals surface area contributed by atoms with Crippen LogP contribution in [-0.4, -0.2) is 13.2 Å². The van der Waals surface area contributed by atoms with E-state index in [0.717, 1.165) is 6.07 Å². The molecule has 1 nitrogen and oxygen atoms in total. The third-order valence-electron chi connectivity index (χ3n) is 2.73. The van der Waals surface area contributed by atoms with Crippen molar-refractivity contribution in [3.05, 3.63) is 34.9 Å². The maximum Gasteiger partial charge on any atom is 0.389 e. The van der Waals surface area contributed by atoms with Gasteiger partial charge in [0.2, 0.25) is 0 Å². The summed E-state index contributed by atoms with van der Waals surface area (Å²) in [6, 6.07) is 1.32. The van der Waals surface area contributed by atoms with Gasteiger partial charge in [0.15, 0.2) is 0 Å². The molecule has 0 saturated heterocycles. The number of hydrogen-bond acceptors (Lipinski definition) is 1. The lowest BCUT2D eigenvalue weighted by molar-refractivity contribution is -0.136. The van der Waals surface area contributed by atoms with Crippen LogP contribution in [0.15, 0.2) is 12.1 Å². The van der Waals surface area contributed by atoms with E-state index >= 15 is 0 Å². The van der Waals surface area contributed by atoms with E-state index in [1.165, 1.54) is 20.0 Å². The first-order valence-electron chi connectivity index (χ1n) is 5.44. The molecule has 0 aliphatic carbocycles. The first-order valence-corrected chi connectivity index (χ1v) is 5.44. The second kappa shape index (κ2) is 5.65. The standard InChI is InChI=1S/C12H14F5N/c1-7-3-4-8(13)10(11(7)14)9(18-2)5-6-12(15,16)17/h3-4,9,18H,5-6H2,1-2H3. The summed E-state index contributed by atoms with van der Waals surface area (Å²) in [6.07, 6.45) is -5.84. The molecule has 102 valence electrons. The monoisotopic (exact) mass is 267 g/mol. The Labute approximate surface area is 102 Å². The SMILES string of the molecule is CNC(CCC(F)(F)F)c1c(F)ccc(C)c1F. The fourth-order valence-corrected chi connectivity index (χ4v) is 1.74. The van der Waals surface area contributed by atoms with Gasteiger partial charge in [0.25, 0.3) is 0 Å². The molecule has 0 spiro atoms. The molecule has 6 heteroatoms. The lowest BCUT2D eigenvalue weighted by atomic mass is 9.98. The predicted molar refractivity (Wildman–Crippen MR) is 58.2 cm³/mol. The summed E-state index contributed by atoms with van der Waals surface area (Å²) < 4.78 is 63.7. The van der Waals surface area contributed by atoms with Crippen molar-refractivity contribution in [2.24, 2.45) is 0 Å². The van der Waals surface area contributed by atoms with Crippen molar-refractivity contribution in [1.82, 2.24) is 5.32 Å². The molecule has 0 amide bonds. The number of rotatable bonds is 4. The van der Waals surface area contributed by atoms with Gasteiger partial charge in [-0.1, -0.05) is 6.07 Å². The molecule has 1 N–H and O–H groups in total. The molecular weight excluding hydrogens is 253 g/mol. The van der Waals surface area contributed by atoms with E-state index in [4.69, 9.17) is 0 Å². The highest BCUT2D eigenvalue weighted by atomic mass is 19.4. The predicted octanol–water partition coefficient (Wildman–Crippen LogP) is 3.88. The molecule has 0 aliphatic rings. The third-order valence-corrected chi connectivity index (χ3v) is 2.73. The Kier molecular flexibility index (Phi) is 4.67. The normalized spacial score (nSPS) is 13.7. The van der Waals surface area contributed by atoms with Crippen LogP contribution in [0.2, 0.25) is 0 Å². The lowest BCUT2D eigenvalue weighted by Gasteiger charge is -2.19. The smallest absolute Gasteiger partial charge is 0.313 e. The molecule has 1 atom stereocenters. The van der Waals surface area contributed by atoms with E-state index in [1.807, 2.05) is 0 Å². The van der Waals surface area contributed by atoms with Crippen LogP contribution in [0.3, 0.4) is 0 Å². The zero-order chi connectivity index (χ0) is 13.9. The summed E-state index contributed by atoms with van der Waals surface area (Å²) in [6.45, 7) is 1.44. The molecule has 1 aromatic rings. The van der Waals surface area contributed by atoms with Gasteiger partial charge in [0, 0.05) is 18.0 Å². The van der Waals surface area contributed by atoms with Crippen molar-refractivity contribution in [1.29, 1.82) is 0 Å². The molecule has 0 fully saturated rings. The minimum atomic E-state index is -4.34. The van der Waals surface area contributed by atoms with Crippen LogP contribution in [-0.2, 0) is 0 Å². The zero-order valence-corrected chi connectivity index (χ0v) is 10.0.